The van der Waals surface area contributed by atoms with Crippen LogP contribution < -0.4 is 0 Å². The number of aromatic carboxylic acids is 1. The van der Waals surface area contributed by atoms with Crippen molar-refractivity contribution in [2.24, 2.45) is 0 Å². The van der Waals surface area contributed by atoms with Gasteiger partial charge in [0.1, 0.15) is 11.4 Å². The molecule has 0 atom stereocenters. The Hall–Kier alpha value is -1.36. The summed E-state index contributed by atoms with van der Waals surface area (Å²) in [7, 11) is 0. The molecular weight excluding hydrogens is 267 g/mol. The van der Waals surface area contributed by atoms with Crippen molar-refractivity contribution in [3.05, 3.63) is 33.7 Å². The van der Waals surface area contributed by atoms with E-state index in [1.807, 2.05) is 0 Å². The summed E-state index contributed by atoms with van der Waals surface area (Å²) in [5.74, 6) is -1.78. The van der Waals surface area contributed by atoms with Crippen LogP contribution in [-0.2, 0) is 0 Å². The van der Waals surface area contributed by atoms with Crippen LogP contribution in [0.15, 0.2) is 21.0 Å². The van der Waals surface area contributed by atoms with Gasteiger partial charge in [0.05, 0.1) is 4.47 Å². The maximum absolute atomic E-state index is 13.1. The van der Waals surface area contributed by atoms with Gasteiger partial charge in [-0.2, -0.15) is 0 Å². The van der Waals surface area contributed by atoms with Gasteiger partial charge in [-0.25, -0.2) is 9.18 Å². The molecule has 0 radical (unpaired) electrons. The Morgan fingerprint density at radius 3 is 2.80 bits per heavy atom. The van der Waals surface area contributed by atoms with E-state index in [1.165, 1.54) is 12.1 Å². The molecule has 1 aromatic heterocycles. The monoisotopic (exact) mass is 272 g/mol. The summed E-state index contributed by atoms with van der Waals surface area (Å²) >= 11 is 3.03. The number of halogens is 2. The van der Waals surface area contributed by atoms with Crippen molar-refractivity contribution in [1.82, 2.24) is 0 Å². The van der Waals surface area contributed by atoms with Crippen molar-refractivity contribution in [3.8, 4) is 0 Å². The zero-order valence-electron chi connectivity index (χ0n) is 7.67. The van der Waals surface area contributed by atoms with E-state index in [2.05, 4.69) is 15.9 Å². The summed E-state index contributed by atoms with van der Waals surface area (Å²) in [6.07, 6.45) is 0. The Morgan fingerprint density at radius 1 is 1.53 bits per heavy atom. The molecule has 0 saturated heterocycles. The van der Waals surface area contributed by atoms with E-state index in [-0.39, 0.29) is 15.8 Å². The number of carboxylic acid groups (broad SMARTS) is 1. The molecule has 2 aromatic rings. The Morgan fingerprint density at radius 2 is 2.20 bits per heavy atom. The van der Waals surface area contributed by atoms with Crippen LogP contribution in [0.3, 0.4) is 0 Å². The van der Waals surface area contributed by atoms with E-state index in [9.17, 15) is 9.18 Å². The predicted octanol–water partition coefficient (Wildman–Crippen LogP) is 3.34. The highest BCUT2D eigenvalue weighted by Gasteiger charge is 2.17. The quantitative estimate of drug-likeness (QED) is 0.866. The molecule has 1 aromatic carbocycles. The molecule has 5 heteroatoms. The molecule has 0 fully saturated rings. The molecule has 0 bridgehead atoms. The SMILES string of the molecule is Cc1c(C(=O)O)oc2cc(F)c(Br)cc12. The highest BCUT2D eigenvalue weighted by molar-refractivity contribution is 9.10. The Balaban J connectivity index is 2.83. The molecule has 3 nitrogen and oxygen atoms in total. The number of hydrogen-bond acceptors (Lipinski definition) is 2. The van der Waals surface area contributed by atoms with Gasteiger partial charge in [0, 0.05) is 17.0 Å². The van der Waals surface area contributed by atoms with Gasteiger partial charge in [-0.1, -0.05) is 0 Å². The van der Waals surface area contributed by atoms with E-state index in [0.717, 1.165) is 0 Å². The lowest BCUT2D eigenvalue weighted by Gasteiger charge is -1.93. The third-order valence-corrected chi connectivity index (χ3v) is 2.78. The summed E-state index contributed by atoms with van der Waals surface area (Å²) in [4.78, 5) is 10.8. The van der Waals surface area contributed by atoms with Crippen LogP contribution in [0.5, 0.6) is 0 Å². The number of rotatable bonds is 1. The molecule has 0 spiro atoms. The Labute approximate surface area is 92.6 Å². The number of fused-ring (bicyclic) bond motifs is 1. The molecular formula is C10H6BrFO3. The largest absolute Gasteiger partial charge is 0.475 e. The molecule has 0 unspecified atom stereocenters. The molecule has 0 amide bonds. The van der Waals surface area contributed by atoms with Gasteiger partial charge in [-0.05, 0) is 28.9 Å². The van der Waals surface area contributed by atoms with Crippen molar-refractivity contribution < 1.29 is 18.7 Å². The second-order valence-corrected chi connectivity index (χ2v) is 3.98. The first kappa shape index (κ1) is 10.2. The number of furan rings is 1. The van der Waals surface area contributed by atoms with Gasteiger partial charge >= 0.3 is 5.97 Å². The van der Waals surface area contributed by atoms with Crippen LogP contribution in [-0.4, -0.2) is 11.1 Å². The second kappa shape index (κ2) is 3.34. The standard InChI is InChI=1S/C10H6BrFO3/c1-4-5-2-6(11)7(12)3-8(5)15-9(4)10(13)14/h2-3H,1H3,(H,13,14). The van der Waals surface area contributed by atoms with Crippen LogP contribution >= 0.6 is 15.9 Å². The highest BCUT2D eigenvalue weighted by atomic mass is 79.9. The van der Waals surface area contributed by atoms with Gasteiger partial charge in [0.15, 0.2) is 0 Å². The number of benzene rings is 1. The third kappa shape index (κ3) is 1.52. The highest BCUT2D eigenvalue weighted by Crippen LogP contribution is 2.29. The van der Waals surface area contributed by atoms with E-state index in [4.69, 9.17) is 9.52 Å². The lowest BCUT2D eigenvalue weighted by atomic mass is 10.1. The van der Waals surface area contributed by atoms with Crippen LogP contribution in [0, 0.1) is 12.7 Å². The number of carboxylic acids is 1. The summed E-state index contributed by atoms with van der Waals surface area (Å²) in [5, 5.41) is 9.40. The lowest BCUT2D eigenvalue weighted by molar-refractivity contribution is 0.0664. The molecule has 0 saturated carbocycles. The topological polar surface area (TPSA) is 50.4 Å². The van der Waals surface area contributed by atoms with Gasteiger partial charge in [0.25, 0.3) is 0 Å². The van der Waals surface area contributed by atoms with E-state index in [0.29, 0.717) is 10.9 Å². The molecule has 78 valence electrons. The summed E-state index contributed by atoms with van der Waals surface area (Å²) < 4.78 is 18.5. The van der Waals surface area contributed by atoms with Gasteiger partial charge in [-0.3, -0.25) is 0 Å². The van der Waals surface area contributed by atoms with E-state index < -0.39 is 11.8 Å². The molecule has 1 heterocycles. The Bertz CT molecular complexity index is 559. The lowest BCUT2D eigenvalue weighted by Crippen LogP contribution is -1.95. The van der Waals surface area contributed by atoms with Crippen molar-refractivity contribution in [1.29, 1.82) is 0 Å². The molecule has 1 N–H and O–H groups in total. The minimum absolute atomic E-state index is 0.150. The number of aryl methyl sites for hydroxylation is 1. The number of hydrogen-bond donors (Lipinski definition) is 1. The summed E-state index contributed by atoms with van der Waals surface area (Å²) in [5.41, 5.74) is 0.740. The zero-order chi connectivity index (χ0) is 11.2. The normalized spacial score (nSPS) is 10.9. The first-order chi connectivity index (χ1) is 7.00. The van der Waals surface area contributed by atoms with Gasteiger partial charge in [0.2, 0.25) is 5.76 Å². The van der Waals surface area contributed by atoms with Gasteiger partial charge < -0.3 is 9.52 Å². The molecule has 2 rings (SSSR count). The van der Waals surface area contributed by atoms with E-state index >= 15 is 0 Å². The molecule has 0 aliphatic carbocycles. The maximum Gasteiger partial charge on any atom is 0.372 e. The summed E-state index contributed by atoms with van der Waals surface area (Å²) in [6, 6.07) is 2.68. The molecule has 15 heavy (non-hydrogen) atoms. The van der Waals surface area contributed by atoms with Crippen molar-refractivity contribution in [2.45, 2.75) is 6.92 Å². The fraction of sp³-hybridized carbons (Fsp3) is 0.100. The van der Waals surface area contributed by atoms with Crippen LogP contribution in [0.4, 0.5) is 4.39 Å². The smallest absolute Gasteiger partial charge is 0.372 e. The minimum Gasteiger partial charge on any atom is -0.475 e. The average molecular weight is 273 g/mol. The Kier molecular flexibility index (Phi) is 2.26. The predicted molar refractivity (Wildman–Crippen MR) is 55.6 cm³/mol. The van der Waals surface area contributed by atoms with Crippen molar-refractivity contribution >= 4 is 32.9 Å². The van der Waals surface area contributed by atoms with Crippen molar-refractivity contribution in [3.63, 3.8) is 0 Å². The number of carbonyl (C=O) groups is 1. The average Bonchev–Trinajstić information content (AvgIpc) is 2.46. The molecule has 0 aliphatic rings. The van der Waals surface area contributed by atoms with Crippen LogP contribution in [0.1, 0.15) is 16.1 Å². The van der Waals surface area contributed by atoms with Crippen molar-refractivity contribution in [2.75, 3.05) is 0 Å². The first-order valence-electron chi connectivity index (χ1n) is 4.12. The second-order valence-electron chi connectivity index (χ2n) is 3.12. The van der Waals surface area contributed by atoms with Crippen LogP contribution in [0.25, 0.3) is 11.0 Å². The molecule has 0 aliphatic heterocycles. The van der Waals surface area contributed by atoms with E-state index in [1.54, 1.807) is 6.92 Å². The summed E-state index contributed by atoms with van der Waals surface area (Å²) in [6.45, 7) is 1.62. The fourth-order valence-electron chi connectivity index (χ4n) is 1.42. The van der Waals surface area contributed by atoms with Gasteiger partial charge in [-0.15, -0.1) is 0 Å². The maximum atomic E-state index is 13.1. The third-order valence-electron chi connectivity index (χ3n) is 2.17. The fourth-order valence-corrected chi connectivity index (χ4v) is 1.76. The minimum atomic E-state index is -1.15. The van der Waals surface area contributed by atoms with Crippen LogP contribution in [0.2, 0.25) is 0 Å². The zero-order valence-corrected chi connectivity index (χ0v) is 9.26. The first-order valence-corrected chi connectivity index (χ1v) is 4.91.